The molecular formula is C26H28N4O3. The second-order valence-corrected chi connectivity index (χ2v) is 8.67. The number of nitrogens with zero attached hydrogens (tertiary/aromatic N) is 3. The molecule has 170 valence electrons. The Hall–Kier alpha value is -3.45. The minimum Gasteiger partial charge on any atom is -0.365 e. The lowest BCUT2D eigenvalue weighted by Crippen LogP contribution is -2.43. The average Bonchev–Trinajstić information content (AvgIpc) is 3.31. The zero-order valence-corrected chi connectivity index (χ0v) is 18.5. The maximum absolute atomic E-state index is 13.2. The number of hydrogen-bond donors (Lipinski definition) is 1. The summed E-state index contributed by atoms with van der Waals surface area (Å²) in [5.41, 5.74) is 3.50. The second-order valence-electron chi connectivity index (χ2n) is 8.67. The molecule has 2 aliphatic heterocycles. The van der Waals surface area contributed by atoms with Gasteiger partial charge in [-0.2, -0.15) is 0 Å². The first-order valence-electron chi connectivity index (χ1n) is 11.5. The zero-order valence-electron chi connectivity index (χ0n) is 18.5. The van der Waals surface area contributed by atoms with E-state index in [-0.39, 0.29) is 23.8 Å². The van der Waals surface area contributed by atoms with Gasteiger partial charge in [-0.3, -0.25) is 9.59 Å². The number of rotatable bonds is 5. The molecule has 2 aliphatic rings. The lowest BCUT2D eigenvalue weighted by atomic mass is 9.95. The summed E-state index contributed by atoms with van der Waals surface area (Å²) < 4.78 is 8.08. The Balaban J connectivity index is 1.16. The highest BCUT2D eigenvalue weighted by Gasteiger charge is 2.32. The maximum Gasteiger partial charge on any atom is 0.274 e. The molecule has 1 atom stereocenters. The maximum atomic E-state index is 13.2. The number of imidazole rings is 1. The molecule has 0 aliphatic carbocycles. The molecular weight excluding hydrogens is 416 g/mol. The fourth-order valence-electron chi connectivity index (χ4n) is 4.60. The minimum atomic E-state index is -0.0753. The van der Waals surface area contributed by atoms with Gasteiger partial charge < -0.3 is 19.5 Å². The molecule has 0 unspecified atom stereocenters. The molecule has 1 saturated heterocycles. The lowest BCUT2D eigenvalue weighted by Gasteiger charge is -2.31. The van der Waals surface area contributed by atoms with Crippen molar-refractivity contribution in [3.8, 4) is 0 Å². The monoisotopic (exact) mass is 444 g/mol. The fraction of sp³-hybridized carbons (Fsp3) is 0.346. The van der Waals surface area contributed by atoms with Gasteiger partial charge in [0.1, 0.15) is 6.10 Å². The van der Waals surface area contributed by atoms with E-state index in [1.165, 1.54) is 0 Å². The number of carbonyl (C=O) groups excluding carboxylic acids is 2. The minimum absolute atomic E-state index is 0.0407. The van der Waals surface area contributed by atoms with E-state index in [1.807, 2.05) is 58.0 Å². The van der Waals surface area contributed by atoms with Crippen molar-refractivity contribution in [2.75, 3.05) is 13.1 Å². The Morgan fingerprint density at radius 2 is 1.70 bits per heavy atom. The summed E-state index contributed by atoms with van der Waals surface area (Å²) in [6.07, 6.45) is 3.02. The number of fused-ring (bicyclic) bond motifs is 1. The number of hydrogen-bond acceptors (Lipinski definition) is 4. The summed E-state index contributed by atoms with van der Waals surface area (Å²) in [6.45, 7) is 2.65. The average molecular weight is 445 g/mol. The van der Waals surface area contributed by atoms with E-state index in [0.29, 0.717) is 51.3 Å². The first-order valence-corrected chi connectivity index (χ1v) is 11.5. The van der Waals surface area contributed by atoms with Crippen LogP contribution in [0.15, 0.2) is 67.0 Å². The van der Waals surface area contributed by atoms with Crippen LogP contribution >= 0.6 is 0 Å². The molecule has 3 heterocycles. The highest BCUT2D eigenvalue weighted by molar-refractivity contribution is 5.93. The highest BCUT2D eigenvalue weighted by atomic mass is 16.5. The molecule has 3 aromatic rings. The molecule has 7 heteroatoms. The second kappa shape index (κ2) is 9.58. The van der Waals surface area contributed by atoms with Crippen LogP contribution in [0.5, 0.6) is 0 Å². The van der Waals surface area contributed by atoms with Crippen molar-refractivity contribution in [1.82, 2.24) is 19.8 Å². The van der Waals surface area contributed by atoms with Crippen LogP contribution in [0.2, 0.25) is 0 Å². The van der Waals surface area contributed by atoms with Crippen LogP contribution in [0.3, 0.4) is 0 Å². The summed E-state index contributed by atoms with van der Waals surface area (Å²) in [4.78, 5) is 32.0. The van der Waals surface area contributed by atoms with Gasteiger partial charge in [0.25, 0.3) is 5.91 Å². The van der Waals surface area contributed by atoms with Crippen molar-refractivity contribution in [2.45, 2.75) is 38.6 Å². The van der Waals surface area contributed by atoms with Crippen molar-refractivity contribution >= 4 is 11.8 Å². The number of likely N-dealkylation sites (tertiary alicyclic amines) is 1. The molecule has 0 bridgehead atoms. The molecule has 7 nitrogen and oxygen atoms in total. The molecule has 1 fully saturated rings. The van der Waals surface area contributed by atoms with Gasteiger partial charge >= 0.3 is 0 Å². The van der Waals surface area contributed by atoms with Gasteiger partial charge in [0.2, 0.25) is 5.91 Å². The Morgan fingerprint density at radius 3 is 2.42 bits per heavy atom. The molecule has 0 saturated carbocycles. The van der Waals surface area contributed by atoms with Crippen molar-refractivity contribution in [3.63, 3.8) is 0 Å². The van der Waals surface area contributed by atoms with Crippen LogP contribution in [0, 0.1) is 5.92 Å². The van der Waals surface area contributed by atoms with Gasteiger partial charge in [-0.15, -0.1) is 0 Å². The molecule has 0 radical (unpaired) electrons. The third-order valence-electron chi connectivity index (χ3n) is 6.57. The third kappa shape index (κ3) is 4.68. The van der Waals surface area contributed by atoms with Gasteiger partial charge in [-0.25, -0.2) is 4.98 Å². The van der Waals surface area contributed by atoms with E-state index >= 15 is 0 Å². The summed E-state index contributed by atoms with van der Waals surface area (Å²) in [5, 5.41) is 3.02. The van der Waals surface area contributed by atoms with Crippen LogP contribution in [0.4, 0.5) is 0 Å². The van der Waals surface area contributed by atoms with Gasteiger partial charge in [0.15, 0.2) is 5.69 Å². The SMILES string of the molecule is O=C(NCc1ccccc1)C1CCN(C(=O)c2ncn3c2CO[C@H](c2ccccc2)C3)CC1. The summed E-state index contributed by atoms with van der Waals surface area (Å²) in [7, 11) is 0. The number of carbonyl (C=O) groups is 2. The van der Waals surface area contributed by atoms with Crippen molar-refractivity contribution < 1.29 is 14.3 Å². The molecule has 1 N–H and O–H groups in total. The first-order chi connectivity index (χ1) is 16.2. The van der Waals surface area contributed by atoms with Gasteiger partial charge in [0, 0.05) is 25.6 Å². The van der Waals surface area contributed by atoms with E-state index in [0.717, 1.165) is 16.8 Å². The summed E-state index contributed by atoms with van der Waals surface area (Å²) >= 11 is 0. The van der Waals surface area contributed by atoms with Gasteiger partial charge in [-0.1, -0.05) is 60.7 Å². The van der Waals surface area contributed by atoms with E-state index in [2.05, 4.69) is 22.4 Å². The number of ether oxygens (including phenoxy) is 1. The number of nitrogens with one attached hydrogen (secondary N) is 1. The quantitative estimate of drug-likeness (QED) is 0.655. The van der Waals surface area contributed by atoms with Crippen molar-refractivity contribution in [1.29, 1.82) is 0 Å². The topological polar surface area (TPSA) is 76.5 Å². The lowest BCUT2D eigenvalue weighted by molar-refractivity contribution is -0.126. The molecule has 0 spiro atoms. The van der Waals surface area contributed by atoms with Crippen LogP contribution in [-0.4, -0.2) is 39.4 Å². The smallest absolute Gasteiger partial charge is 0.274 e. The van der Waals surface area contributed by atoms with E-state index in [4.69, 9.17) is 4.74 Å². The van der Waals surface area contributed by atoms with Crippen LogP contribution < -0.4 is 5.32 Å². The predicted molar refractivity (Wildman–Crippen MR) is 123 cm³/mol. The van der Waals surface area contributed by atoms with E-state index < -0.39 is 0 Å². The molecule has 5 rings (SSSR count). The van der Waals surface area contributed by atoms with Gasteiger partial charge in [0.05, 0.1) is 25.2 Å². The summed E-state index contributed by atoms with van der Waals surface area (Å²) in [5.74, 6) is -0.0806. The van der Waals surface area contributed by atoms with E-state index in [9.17, 15) is 9.59 Å². The number of amides is 2. The number of benzene rings is 2. The zero-order chi connectivity index (χ0) is 22.6. The molecule has 33 heavy (non-hydrogen) atoms. The van der Waals surface area contributed by atoms with Crippen LogP contribution in [-0.2, 0) is 29.2 Å². The molecule has 2 amide bonds. The first kappa shape index (κ1) is 21.4. The Labute approximate surface area is 193 Å². The van der Waals surface area contributed by atoms with Crippen LogP contribution in [0.1, 0.15) is 46.3 Å². The third-order valence-corrected chi connectivity index (χ3v) is 6.57. The predicted octanol–water partition coefficient (Wildman–Crippen LogP) is 3.32. The Kier molecular flexibility index (Phi) is 6.21. The Bertz CT molecular complexity index is 1110. The van der Waals surface area contributed by atoms with E-state index in [1.54, 1.807) is 6.33 Å². The number of piperidine rings is 1. The molecule has 1 aromatic heterocycles. The van der Waals surface area contributed by atoms with Crippen molar-refractivity contribution in [3.05, 3.63) is 89.5 Å². The summed E-state index contributed by atoms with van der Waals surface area (Å²) in [6, 6.07) is 20.0. The number of aromatic nitrogens is 2. The van der Waals surface area contributed by atoms with Gasteiger partial charge in [-0.05, 0) is 24.0 Å². The van der Waals surface area contributed by atoms with Crippen molar-refractivity contribution in [2.24, 2.45) is 5.92 Å². The van der Waals surface area contributed by atoms with Crippen LogP contribution in [0.25, 0.3) is 0 Å². The fourth-order valence-corrected chi connectivity index (χ4v) is 4.60. The largest absolute Gasteiger partial charge is 0.365 e. The molecule has 2 aromatic carbocycles. The highest BCUT2D eigenvalue weighted by Crippen LogP contribution is 2.28. The normalized spacial score (nSPS) is 18.5. The standard InChI is InChI=1S/C26H28N4O3/c31-25(27-15-19-7-3-1-4-8-19)21-11-13-29(14-12-21)26(32)24-22-17-33-23(16-30(22)18-28-24)20-9-5-2-6-10-20/h1-10,18,21,23H,11-17H2,(H,27,31)/t23-/m0/s1. The Morgan fingerprint density at radius 1 is 1.00 bits per heavy atom.